The Morgan fingerprint density at radius 3 is 2.29 bits per heavy atom. The summed E-state index contributed by atoms with van der Waals surface area (Å²) < 4.78 is 33.0. The number of rotatable bonds is 6. The molecule has 0 atom stereocenters. The van der Waals surface area contributed by atoms with Gasteiger partial charge in [-0.1, -0.05) is 50.5 Å². The Labute approximate surface area is 148 Å². The molecule has 21 heavy (non-hydrogen) atoms. The van der Waals surface area contributed by atoms with Gasteiger partial charge in [0.05, 0.1) is 4.90 Å². The maximum Gasteiger partial charge on any atom is 1.00 e. The van der Waals surface area contributed by atoms with Gasteiger partial charge in [-0.25, -0.2) is 8.42 Å². The third-order valence-corrected chi connectivity index (χ3v) is 4.32. The summed E-state index contributed by atoms with van der Waals surface area (Å²) in [6, 6.07) is 10.5. The van der Waals surface area contributed by atoms with Gasteiger partial charge in [0, 0.05) is 0 Å². The van der Waals surface area contributed by atoms with E-state index in [0.29, 0.717) is 0 Å². The van der Waals surface area contributed by atoms with Crippen LogP contribution in [0, 0.1) is 0 Å². The molecular formula is C16H19NaO3S. The van der Waals surface area contributed by atoms with E-state index in [1.54, 1.807) is 6.07 Å². The monoisotopic (exact) mass is 314 g/mol. The van der Waals surface area contributed by atoms with Crippen LogP contribution in [0.15, 0.2) is 41.3 Å². The zero-order valence-electron chi connectivity index (χ0n) is 12.6. The van der Waals surface area contributed by atoms with E-state index in [0.717, 1.165) is 17.2 Å². The number of fused-ring (bicyclic) bond motifs is 1. The normalized spacial score (nSPS) is 11.3. The van der Waals surface area contributed by atoms with Crippen molar-refractivity contribution in [3.05, 3.63) is 42.0 Å². The average molecular weight is 314 g/mol. The van der Waals surface area contributed by atoms with Crippen LogP contribution in [0.5, 0.6) is 0 Å². The Hall–Kier alpha value is -0.390. The van der Waals surface area contributed by atoms with Gasteiger partial charge in [-0.2, -0.15) is 0 Å². The topological polar surface area (TPSA) is 57.2 Å². The molecule has 0 unspecified atom stereocenters. The predicted octanol–water partition coefficient (Wildman–Crippen LogP) is 0.871. The van der Waals surface area contributed by atoms with E-state index in [1.807, 2.05) is 12.1 Å². The first-order valence-electron chi connectivity index (χ1n) is 6.99. The molecule has 0 aliphatic rings. The molecule has 0 radical (unpaired) electrons. The molecule has 0 amide bonds. The van der Waals surface area contributed by atoms with Crippen LogP contribution >= 0.6 is 0 Å². The number of unbranched alkanes of at least 4 members (excludes halogenated alkanes) is 3. The van der Waals surface area contributed by atoms with E-state index in [9.17, 15) is 13.0 Å². The summed E-state index contributed by atoms with van der Waals surface area (Å²) in [5, 5.41) is 1.77. The molecule has 0 aliphatic carbocycles. The summed E-state index contributed by atoms with van der Waals surface area (Å²) in [6.45, 7) is 2.19. The minimum Gasteiger partial charge on any atom is -0.744 e. The molecule has 0 spiro atoms. The fraction of sp³-hybridized carbons (Fsp3) is 0.375. The average Bonchev–Trinajstić information content (AvgIpc) is 2.42. The molecule has 0 saturated carbocycles. The molecule has 0 bridgehead atoms. The van der Waals surface area contributed by atoms with Gasteiger partial charge in [0.15, 0.2) is 0 Å². The molecule has 0 heterocycles. The summed E-state index contributed by atoms with van der Waals surface area (Å²) in [6.07, 6.45) is 5.94. The van der Waals surface area contributed by atoms with Gasteiger partial charge < -0.3 is 4.55 Å². The van der Waals surface area contributed by atoms with Crippen LogP contribution in [0.25, 0.3) is 10.8 Å². The van der Waals surface area contributed by atoms with Gasteiger partial charge >= 0.3 is 29.6 Å². The van der Waals surface area contributed by atoms with Crippen molar-refractivity contribution in [1.29, 1.82) is 0 Å². The van der Waals surface area contributed by atoms with E-state index in [4.69, 9.17) is 0 Å². The number of benzene rings is 2. The Morgan fingerprint density at radius 2 is 1.62 bits per heavy atom. The van der Waals surface area contributed by atoms with Crippen LogP contribution in [0.2, 0.25) is 0 Å². The van der Waals surface area contributed by atoms with Crippen LogP contribution in [0.4, 0.5) is 0 Å². The molecule has 0 aromatic heterocycles. The second-order valence-corrected chi connectivity index (χ2v) is 6.49. The van der Waals surface area contributed by atoms with Crippen molar-refractivity contribution in [3.63, 3.8) is 0 Å². The summed E-state index contributed by atoms with van der Waals surface area (Å²) in [7, 11) is -4.37. The Kier molecular flexibility index (Phi) is 7.37. The van der Waals surface area contributed by atoms with Crippen molar-refractivity contribution in [2.45, 2.75) is 43.9 Å². The standard InChI is InChI=1S/C16H20O3S.Na/c1-2-3-4-5-6-13-7-8-15-12-16(20(17,18)19)10-9-14(15)11-13;/h7-12H,2-6H2,1H3,(H,17,18,19);/q;+1/p-1. The zero-order valence-corrected chi connectivity index (χ0v) is 15.4. The minimum atomic E-state index is -4.37. The SMILES string of the molecule is CCCCCCc1ccc2cc(S(=O)(=O)[O-])ccc2c1.[Na+]. The first-order valence-corrected chi connectivity index (χ1v) is 8.40. The molecule has 3 nitrogen and oxygen atoms in total. The van der Waals surface area contributed by atoms with Crippen LogP contribution in [0.1, 0.15) is 38.2 Å². The van der Waals surface area contributed by atoms with Crippen LogP contribution in [-0.2, 0) is 16.5 Å². The quantitative estimate of drug-likeness (QED) is 0.452. The van der Waals surface area contributed by atoms with Crippen LogP contribution < -0.4 is 29.6 Å². The van der Waals surface area contributed by atoms with Crippen molar-refractivity contribution < 1.29 is 42.5 Å². The maximum absolute atomic E-state index is 11.0. The second-order valence-electron chi connectivity index (χ2n) is 5.11. The van der Waals surface area contributed by atoms with Gasteiger partial charge in [-0.15, -0.1) is 0 Å². The first kappa shape index (κ1) is 18.7. The smallest absolute Gasteiger partial charge is 0.744 e. The van der Waals surface area contributed by atoms with E-state index in [-0.39, 0.29) is 34.5 Å². The molecule has 5 heteroatoms. The summed E-state index contributed by atoms with van der Waals surface area (Å²) in [4.78, 5) is -0.166. The summed E-state index contributed by atoms with van der Waals surface area (Å²) in [5.41, 5.74) is 1.26. The van der Waals surface area contributed by atoms with Crippen LogP contribution in [-0.4, -0.2) is 13.0 Å². The van der Waals surface area contributed by atoms with Gasteiger partial charge in [0.2, 0.25) is 0 Å². The largest absolute Gasteiger partial charge is 1.00 e. The first-order chi connectivity index (χ1) is 9.50. The third-order valence-electron chi connectivity index (χ3n) is 3.48. The molecule has 0 N–H and O–H groups in total. The van der Waals surface area contributed by atoms with Crippen LogP contribution in [0.3, 0.4) is 0 Å². The molecule has 2 aromatic rings. The predicted molar refractivity (Wildman–Crippen MR) is 79.8 cm³/mol. The molecule has 2 rings (SSSR count). The molecule has 2 aromatic carbocycles. The molecule has 0 saturated heterocycles. The van der Waals surface area contributed by atoms with E-state index >= 15 is 0 Å². The molecule has 0 fully saturated rings. The Morgan fingerprint density at radius 1 is 0.952 bits per heavy atom. The Balaban J connectivity index is 0.00000220. The zero-order chi connectivity index (χ0) is 14.6. The minimum absolute atomic E-state index is 0. The van der Waals surface area contributed by atoms with Crippen molar-refractivity contribution in [2.24, 2.45) is 0 Å². The van der Waals surface area contributed by atoms with Gasteiger partial charge in [0.25, 0.3) is 0 Å². The third kappa shape index (κ3) is 5.38. The number of hydrogen-bond donors (Lipinski definition) is 0. The second kappa shape index (κ2) is 8.30. The van der Waals surface area contributed by atoms with Crippen molar-refractivity contribution in [3.8, 4) is 0 Å². The summed E-state index contributed by atoms with van der Waals surface area (Å²) in [5.74, 6) is 0. The van der Waals surface area contributed by atoms with Crippen molar-refractivity contribution >= 4 is 20.9 Å². The number of hydrogen-bond acceptors (Lipinski definition) is 3. The molecule has 0 aliphatic heterocycles. The van der Waals surface area contributed by atoms with Gasteiger partial charge in [-0.3, -0.25) is 0 Å². The van der Waals surface area contributed by atoms with E-state index in [2.05, 4.69) is 13.0 Å². The van der Waals surface area contributed by atoms with Crippen molar-refractivity contribution in [2.75, 3.05) is 0 Å². The maximum atomic E-state index is 11.0. The van der Waals surface area contributed by atoms with Gasteiger partial charge in [-0.05, 0) is 41.3 Å². The fourth-order valence-corrected chi connectivity index (χ4v) is 2.85. The molecule has 108 valence electrons. The molecular weight excluding hydrogens is 295 g/mol. The Bertz CT molecular complexity index is 696. The number of aryl methyl sites for hydroxylation is 1. The summed E-state index contributed by atoms with van der Waals surface area (Å²) >= 11 is 0. The fourth-order valence-electron chi connectivity index (χ4n) is 2.34. The van der Waals surface area contributed by atoms with E-state index < -0.39 is 10.1 Å². The van der Waals surface area contributed by atoms with E-state index in [1.165, 1.54) is 43.4 Å². The van der Waals surface area contributed by atoms with Gasteiger partial charge in [0.1, 0.15) is 10.1 Å². The van der Waals surface area contributed by atoms with Crippen molar-refractivity contribution in [1.82, 2.24) is 0 Å².